The van der Waals surface area contributed by atoms with Crippen LogP contribution >= 0.6 is 11.8 Å². The molecule has 0 saturated carbocycles. The van der Waals surface area contributed by atoms with Crippen LogP contribution in [0.25, 0.3) is 0 Å². The van der Waals surface area contributed by atoms with Crippen molar-refractivity contribution in [3.63, 3.8) is 0 Å². The number of aliphatic hydroxyl groups is 2. The highest BCUT2D eigenvalue weighted by Gasteiger charge is 2.10. The number of aromatic carboxylic acids is 1. The molecule has 0 heterocycles. The summed E-state index contributed by atoms with van der Waals surface area (Å²) < 4.78 is 13.2. The summed E-state index contributed by atoms with van der Waals surface area (Å²) in [5.74, 6) is -1.57. The Hall–Kier alpha value is -1.11. The van der Waals surface area contributed by atoms with E-state index in [1.165, 1.54) is 12.1 Å². The van der Waals surface area contributed by atoms with Gasteiger partial charge in [0.25, 0.3) is 0 Å². The third-order valence-electron chi connectivity index (χ3n) is 1.82. The number of halogens is 1. The van der Waals surface area contributed by atoms with Crippen LogP contribution in [0.5, 0.6) is 0 Å². The molecule has 3 N–H and O–H groups in total. The lowest BCUT2D eigenvalue weighted by molar-refractivity contribution is 0.0696. The summed E-state index contributed by atoms with van der Waals surface area (Å²) >= 11 is 0.963. The van der Waals surface area contributed by atoms with Gasteiger partial charge in [0.05, 0.1) is 18.3 Å². The SMILES string of the molecule is O=C(O)c1ccc(F)c(SCC(O)CO)c1. The van der Waals surface area contributed by atoms with Gasteiger partial charge in [-0.15, -0.1) is 11.8 Å². The van der Waals surface area contributed by atoms with E-state index in [1.807, 2.05) is 0 Å². The van der Waals surface area contributed by atoms with Crippen molar-refractivity contribution >= 4 is 17.7 Å². The molecule has 0 amide bonds. The van der Waals surface area contributed by atoms with Gasteiger partial charge in [0.1, 0.15) is 5.82 Å². The molecule has 6 heteroatoms. The normalized spacial score (nSPS) is 12.4. The zero-order valence-corrected chi connectivity index (χ0v) is 9.08. The molecule has 1 atom stereocenters. The van der Waals surface area contributed by atoms with Crippen LogP contribution in [-0.2, 0) is 0 Å². The van der Waals surface area contributed by atoms with Crippen LogP contribution in [0.15, 0.2) is 23.1 Å². The van der Waals surface area contributed by atoms with Crippen molar-refractivity contribution in [1.29, 1.82) is 0 Å². The quantitative estimate of drug-likeness (QED) is 0.675. The molecule has 0 aliphatic rings. The summed E-state index contributed by atoms with van der Waals surface area (Å²) in [6.45, 7) is -0.409. The Morgan fingerprint density at radius 3 is 2.75 bits per heavy atom. The van der Waals surface area contributed by atoms with E-state index in [4.69, 9.17) is 15.3 Å². The Morgan fingerprint density at radius 2 is 2.19 bits per heavy atom. The molecule has 0 saturated heterocycles. The van der Waals surface area contributed by atoms with Gasteiger partial charge in [-0.2, -0.15) is 0 Å². The number of hydrogen-bond acceptors (Lipinski definition) is 4. The average Bonchev–Trinajstić information content (AvgIpc) is 2.27. The lowest BCUT2D eigenvalue weighted by atomic mass is 10.2. The molecule has 88 valence electrons. The van der Waals surface area contributed by atoms with Gasteiger partial charge >= 0.3 is 5.97 Å². The van der Waals surface area contributed by atoms with Crippen LogP contribution in [-0.4, -0.2) is 39.8 Å². The molecule has 0 aliphatic heterocycles. The fraction of sp³-hybridized carbons (Fsp3) is 0.300. The first-order valence-corrected chi connectivity index (χ1v) is 5.47. The predicted octanol–water partition coefficient (Wildman–Crippen LogP) is 0.969. The molecule has 0 radical (unpaired) electrons. The fourth-order valence-electron chi connectivity index (χ4n) is 0.986. The summed E-state index contributed by atoms with van der Waals surface area (Å²) in [5.41, 5.74) is -0.0117. The second kappa shape index (κ2) is 5.83. The van der Waals surface area contributed by atoms with Gasteiger partial charge in [-0.1, -0.05) is 0 Å². The first-order chi connectivity index (χ1) is 7.54. The molecule has 4 nitrogen and oxygen atoms in total. The van der Waals surface area contributed by atoms with Crippen molar-refractivity contribution in [1.82, 2.24) is 0 Å². The molecular weight excluding hydrogens is 235 g/mol. The van der Waals surface area contributed by atoms with E-state index in [1.54, 1.807) is 0 Å². The average molecular weight is 246 g/mol. The third-order valence-corrected chi connectivity index (χ3v) is 3.00. The smallest absolute Gasteiger partial charge is 0.335 e. The molecular formula is C10H11FO4S. The van der Waals surface area contributed by atoms with Crippen molar-refractivity contribution < 1.29 is 24.5 Å². The summed E-state index contributed by atoms with van der Waals surface area (Å²) in [7, 11) is 0. The largest absolute Gasteiger partial charge is 0.478 e. The molecule has 1 aromatic rings. The number of benzene rings is 1. The van der Waals surface area contributed by atoms with Crippen molar-refractivity contribution in [3.05, 3.63) is 29.6 Å². The van der Waals surface area contributed by atoms with E-state index in [9.17, 15) is 9.18 Å². The van der Waals surface area contributed by atoms with Crippen LogP contribution in [0, 0.1) is 5.82 Å². The summed E-state index contributed by atoms with van der Waals surface area (Å²) in [6.07, 6.45) is -0.946. The number of rotatable bonds is 5. The maximum Gasteiger partial charge on any atom is 0.335 e. The second-order valence-electron chi connectivity index (χ2n) is 3.10. The van der Waals surface area contributed by atoms with Crippen molar-refractivity contribution in [2.75, 3.05) is 12.4 Å². The van der Waals surface area contributed by atoms with Gasteiger partial charge in [-0.25, -0.2) is 9.18 Å². The summed E-state index contributed by atoms with van der Waals surface area (Å²) in [6, 6.07) is 3.44. The summed E-state index contributed by atoms with van der Waals surface area (Å²) in [5, 5.41) is 26.4. The van der Waals surface area contributed by atoms with Gasteiger partial charge in [0.15, 0.2) is 0 Å². The summed E-state index contributed by atoms with van der Waals surface area (Å²) in [4.78, 5) is 10.8. The Bertz CT molecular complexity index is 383. The maximum absolute atomic E-state index is 13.2. The minimum Gasteiger partial charge on any atom is -0.478 e. The molecule has 1 aromatic carbocycles. The van der Waals surface area contributed by atoms with E-state index in [-0.39, 0.29) is 16.2 Å². The van der Waals surface area contributed by atoms with Gasteiger partial charge in [-0.3, -0.25) is 0 Å². The van der Waals surface area contributed by atoms with Crippen molar-refractivity contribution in [2.45, 2.75) is 11.0 Å². The van der Waals surface area contributed by atoms with Crippen LogP contribution in [0.3, 0.4) is 0 Å². The number of hydrogen-bond donors (Lipinski definition) is 3. The Kier molecular flexibility index (Phi) is 4.72. The highest BCUT2D eigenvalue weighted by molar-refractivity contribution is 7.99. The third kappa shape index (κ3) is 3.48. The van der Waals surface area contributed by atoms with Gasteiger partial charge < -0.3 is 15.3 Å². The zero-order chi connectivity index (χ0) is 12.1. The van der Waals surface area contributed by atoms with Crippen molar-refractivity contribution in [2.24, 2.45) is 0 Å². The Morgan fingerprint density at radius 1 is 1.50 bits per heavy atom. The molecule has 1 rings (SSSR count). The molecule has 0 bridgehead atoms. The highest BCUT2D eigenvalue weighted by Crippen LogP contribution is 2.23. The molecule has 0 spiro atoms. The first-order valence-electron chi connectivity index (χ1n) is 4.49. The van der Waals surface area contributed by atoms with Crippen molar-refractivity contribution in [3.8, 4) is 0 Å². The van der Waals surface area contributed by atoms with E-state index < -0.39 is 24.5 Å². The Labute approximate surface area is 95.7 Å². The molecule has 0 aliphatic carbocycles. The molecule has 1 unspecified atom stereocenters. The topological polar surface area (TPSA) is 77.8 Å². The Balaban J connectivity index is 2.78. The minimum absolute atomic E-state index is 0.0117. The van der Waals surface area contributed by atoms with Gasteiger partial charge in [-0.05, 0) is 18.2 Å². The van der Waals surface area contributed by atoms with Crippen LogP contribution in [0.4, 0.5) is 4.39 Å². The second-order valence-corrected chi connectivity index (χ2v) is 4.16. The highest BCUT2D eigenvalue weighted by atomic mass is 32.2. The van der Waals surface area contributed by atoms with E-state index in [0.29, 0.717) is 0 Å². The molecule has 16 heavy (non-hydrogen) atoms. The van der Waals surface area contributed by atoms with E-state index in [2.05, 4.69) is 0 Å². The number of thioether (sulfide) groups is 1. The molecule has 0 aromatic heterocycles. The van der Waals surface area contributed by atoms with Gasteiger partial charge in [0.2, 0.25) is 0 Å². The number of carboxylic acid groups (broad SMARTS) is 1. The lowest BCUT2D eigenvalue weighted by Crippen LogP contribution is -2.14. The van der Waals surface area contributed by atoms with Crippen LogP contribution < -0.4 is 0 Å². The molecule has 0 fully saturated rings. The predicted molar refractivity (Wildman–Crippen MR) is 57.2 cm³/mol. The number of carboxylic acids is 1. The van der Waals surface area contributed by atoms with Gasteiger partial charge in [0, 0.05) is 10.6 Å². The fourth-order valence-corrected chi connectivity index (χ4v) is 1.88. The monoisotopic (exact) mass is 246 g/mol. The number of carbonyl (C=O) groups is 1. The standard InChI is InChI=1S/C10H11FO4S/c11-8-2-1-6(10(14)15)3-9(8)16-5-7(13)4-12/h1-3,7,12-13H,4-5H2,(H,14,15). The van der Waals surface area contributed by atoms with E-state index in [0.717, 1.165) is 17.8 Å². The van der Waals surface area contributed by atoms with E-state index >= 15 is 0 Å². The number of aliphatic hydroxyl groups excluding tert-OH is 2. The van der Waals surface area contributed by atoms with Crippen LogP contribution in [0.2, 0.25) is 0 Å². The first kappa shape index (κ1) is 13.0. The minimum atomic E-state index is -1.13. The maximum atomic E-state index is 13.2. The lowest BCUT2D eigenvalue weighted by Gasteiger charge is -2.07. The zero-order valence-electron chi connectivity index (χ0n) is 8.26. The van der Waals surface area contributed by atoms with Crippen LogP contribution in [0.1, 0.15) is 10.4 Å².